The van der Waals surface area contributed by atoms with Gasteiger partial charge in [-0.2, -0.15) is 0 Å². The molecule has 0 saturated carbocycles. The molecule has 1 aromatic heterocycles. The number of benzene rings is 1. The Kier molecular flexibility index (Phi) is 5.19. The van der Waals surface area contributed by atoms with Gasteiger partial charge >= 0.3 is 6.36 Å². The Morgan fingerprint density at radius 3 is 2.48 bits per heavy atom. The highest BCUT2D eigenvalue weighted by Gasteiger charge is 2.30. The van der Waals surface area contributed by atoms with Crippen LogP contribution < -0.4 is 10.5 Å². The summed E-state index contributed by atoms with van der Waals surface area (Å²) in [4.78, 5) is 4.47. The van der Waals surface area contributed by atoms with Crippen LogP contribution in [0.25, 0.3) is 11.3 Å². The molecule has 0 atom stereocenters. The second-order valence-corrected chi connectivity index (χ2v) is 5.39. The van der Waals surface area contributed by atoms with Gasteiger partial charge in [0, 0.05) is 10.9 Å². The van der Waals surface area contributed by atoms with E-state index in [9.17, 15) is 13.2 Å². The molecule has 2 aromatic rings. The predicted molar refractivity (Wildman–Crippen MR) is 76.2 cm³/mol. The molecule has 21 heavy (non-hydrogen) atoms. The van der Waals surface area contributed by atoms with E-state index in [0.717, 1.165) is 35.5 Å². The number of aryl methyl sites for hydroxylation is 1. The second kappa shape index (κ2) is 6.91. The van der Waals surface area contributed by atoms with Gasteiger partial charge in [0.2, 0.25) is 0 Å². The van der Waals surface area contributed by atoms with E-state index in [-0.39, 0.29) is 5.75 Å². The van der Waals surface area contributed by atoms with Gasteiger partial charge in [-0.05, 0) is 50.1 Å². The Morgan fingerprint density at radius 1 is 1.14 bits per heavy atom. The number of halogens is 3. The van der Waals surface area contributed by atoms with Crippen molar-refractivity contribution in [1.29, 1.82) is 0 Å². The highest BCUT2D eigenvalue weighted by Crippen LogP contribution is 2.27. The monoisotopic (exact) mass is 316 g/mol. The summed E-state index contributed by atoms with van der Waals surface area (Å²) in [6.07, 6.45) is -1.85. The van der Waals surface area contributed by atoms with Crippen LogP contribution in [0.2, 0.25) is 0 Å². The number of ether oxygens (including phenoxy) is 1. The van der Waals surface area contributed by atoms with Crippen molar-refractivity contribution < 1.29 is 17.9 Å². The minimum absolute atomic E-state index is 0.232. The van der Waals surface area contributed by atoms with Gasteiger partial charge in [-0.3, -0.25) is 0 Å². The molecule has 0 aliphatic heterocycles. The molecule has 0 aliphatic carbocycles. The Bertz CT molecular complexity index is 566. The summed E-state index contributed by atoms with van der Waals surface area (Å²) in [7, 11) is 0. The zero-order valence-electron chi connectivity index (χ0n) is 11.2. The number of nitrogens with zero attached hydrogens (tertiary/aromatic N) is 1. The molecule has 0 bridgehead atoms. The van der Waals surface area contributed by atoms with E-state index in [1.54, 1.807) is 23.5 Å². The summed E-state index contributed by atoms with van der Waals surface area (Å²) < 4.78 is 40.1. The standard InChI is InChI=1S/C14H15F3N2OS/c15-14(16,17)20-11-6-4-10(5-7-11)12-9-21-13(19-12)3-1-2-8-18/h4-7,9H,1-3,8,18H2. The van der Waals surface area contributed by atoms with Crippen molar-refractivity contribution in [3.8, 4) is 17.0 Å². The van der Waals surface area contributed by atoms with Crippen molar-refractivity contribution in [2.45, 2.75) is 25.6 Å². The first kappa shape index (κ1) is 15.8. The van der Waals surface area contributed by atoms with Gasteiger partial charge in [0.1, 0.15) is 5.75 Å². The molecule has 0 amide bonds. The fraction of sp³-hybridized carbons (Fsp3) is 0.357. The van der Waals surface area contributed by atoms with Crippen molar-refractivity contribution in [1.82, 2.24) is 4.98 Å². The van der Waals surface area contributed by atoms with Crippen LogP contribution in [0, 0.1) is 0 Å². The molecule has 2 rings (SSSR count). The number of unbranched alkanes of at least 4 members (excludes halogenated alkanes) is 1. The zero-order chi connectivity index (χ0) is 15.3. The average molecular weight is 316 g/mol. The number of hydrogen-bond donors (Lipinski definition) is 1. The van der Waals surface area contributed by atoms with Crippen molar-refractivity contribution in [2.75, 3.05) is 6.54 Å². The summed E-state index contributed by atoms with van der Waals surface area (Å²) >= 11 is 1.55. The number of thiazole rings is 1. The fourth-order valence-electron chi connectivity index (χ4n) is 1.81. The molecule has 0 fully saturated rings. The lowest BCUT2D eigenvalue weighted by Crippen LogP contribution is -2.16. The van der Waals surface area contributed by atoms with Gasteiger partial charge < -0.3 is 10.5 Å². The fourth-order valence-corrected chi connectivity index (χ4v) is 2.66. The molecule has 114 valence electrons. The lowest BCUT2D eigenvalue weighted by Gasteiger charge is -2.08. The Hall–Kier alpha value is -1.60. The highest BCUT2D eigenvalue weighted by atomic mass is 32.1. The number of aromatic nitrogens is 1. The van der Waals surface area contributed by atoms with Crippen LogP contribution >= 0.6 is 11.3 Å². The van der Waals surface area contributed by atoms with Gasteiger partial charge in [0.25, 0.3) is 0 Å². The molecule has 3 nitrogen and oxygen atoms in total. The topological polar surface area (TPSA) is 48.1 Å². The molecule has 1 heterocycles. The molecule has 0 aliphatic rings. The Labute approximate surface area is 124 Å². The summed E-state index contributed by atoms with van der Waals surface area (Å²) in [5.41, 5.74) is 6.97. The Morgan fingerprint density at radius 2 is 1.86 bits per heavy atom. The van der Waals surface area contributed by atoms with Gasteiger partial charge in [0.15, 0.2) is 0 Å². The summed E-state index contributed by atoms with van der Waals surface area (Å²) in [5, 5.41) is 2.91. The maximum atomic E-state index is 12.1. The maximum absolute atomic E-state index is 12.1. The molecular formula is C14H15F3N2OS. The van der Waals surface area contributed by atoms with Crippen molar-refractivity contribution in [3.05, 3.63) is 34.7 Å². The average Bonchev–Trinajstić information content (AvgIpc) is 2.87. The zero-order valence-corrected chi connectivity index (χ0v) is 12.0. The van der Waals surface area contributed by atoms with Crippen LogP contribution in [0.4, 0.5) is 13.2 Å². The highest BCUT2D eigenvalue weighted by molar-refractivity contribution is 7.09. The minimum Gasteiger partial charge on any atom is -0.406 e. The number of hydrogen-bond acceptors (Lipinski definition) is 4. The largest absolute Gasteiger partial charge is 0.573 e. The van der Waals surface area contributed by atoms with E-state index in [0.29, 0.717) is 6.54 Å². The number of rotatable bonds is 6. The third kappa shape index (κ3) is 5.02. The van der Waals surface area contributed by atoms with Gasteiger partial charge in [0.05, 0.1) is 10.7 Å². The lowest BCUT2D eigenvalue weighted by atomic mass is 10.2. The van der Waals surface area contributed by atoms with Gasteiger partial charge in [-0.15, -0.1) is 24.5 Å². The van der Waals surface area contributed by atoms with Crippen LogP contribution in [0.1, 0.15) is 17.8 Å². The van der Waals surface area contributed by atoms with Crippen LogP contribution in [0.3, 0.4) is 0 Å². The number of alkyl halides is 3. The Balaban J connectivity index is 2.02. The van der Waals surface area contributed by atoms with Crippen LogP contribution in [0.15, 0.2) is 29.6 Å². The summed E-state index contributed by atoms with van der Waals surface area (Å²) in [6.45, 7) is 0.666. The molecule has 1 aromatic carbocycles. The molecule has 2 N–H and O–H groups in total. The van der Waals surface area contributed by atoms with E-state index >= 15 is 0 Å². The first-order valence-electron chi connectivity index (χ1n) is 6.48. The van der Waals surface area contributed by atoms with Crippen LogP contribution in [-0.2, 0) is 6.42 Å². The van der Waals surface area contributed by atoms with Crippen LogP contribution in [0.5, 0.6) is 5.75 Å². The van der Waals surface area contributed by atoms with Crippen molar-refractivity contribution >= 4 is 11.3 Å². The van der Waals surface area contributed by atoms with Gasteiger partial charge in [-0.25, -0.2) is 4.98 Å². The quantitative estimate of drug-likeness (QED) is 0.820. The minimum atomic E-state index is -4.67. The normalized spacial score (nSPS) is 11.6. The van der Waals surface area contributed by atoms with Crippen molar-refractivity contribution in [3.63, 3.8) is 0 Å². The number of nitrogens with two attached hydrogens (primary N) is 1. The van der Waals surface area contributed by atoms with E-state index in [1.165, 1.54) is 12.1 Å². The van der Waals surface area contributed by atoms with E-state index < -0.39 is 6.36 Å². The third-order valence-electron chi connectivity index (χ3n) is 2.78. The van der Waals surface area contributed by atoms with E-state index in [2.05, 4.69) is 9.72 Å². The van der Waals surface area contributed by atoms with Gasteiger partial charge in [-0.1, -0.05) is 0 Å². The smallest absolute Gasteiger partial charge is 0.406 e. The molecule has 7 heteroatoms. The summed E-state index contributed by atoms with van der Waals surface area (Å²) in [5.74, 6) is -0.232. The summed E-state index contributed by atoms with van der Waals surface area (Å²) in [6, 6.07) is 5.71. The molecular weight excluding hydrogens is 301 g/mol. The van der Waals surface area contributed by atoms with E-state index in [1.807, 2.05) is 5.38 Å². The molecule has 0 unspecified atom stereocenters. The maximum Gasteiger partial charge on any atom is 0.573 e. The molecule has 0 saturated heterocycles. The first-order valence-corrected chi connectivity index (χ1v) is 7.36. The van der Waals surface area contributed by atoms with Crippen LogP contribution in [-0.4, -0.2) is 17.9 Å². The second-order valence-electron chi connectivity index (χ2n) is 4.44. The third-order valence-corrected chi connectivity index (χ3v) is 3.69. The van der Waals surface area contributed by atoms with E-state index in [4.69, 9.17) is 5.73 Å². The van der Waals surface area contributed by atoms with Crippen molar-refractivity contribution in [2.24, 2.45) is 5.73 Å². The molecule has 0 spiro atoms. The molecule has 0 radical (unpaired) electrons. The predicted octanol–water partition coefficient (Wildman–Crippen LogP) is 3.99. The first-order chi connectivity index (χ1) is 9.98. The lowest BCUT2D eigenvalue weighted by molar-refractivity contribution is -0.274. The SMILES string of the molecule is NCCCCc1nc(-c2ccc(OC(F)(F)F)cc2)cs1.